The Labute approximate surface area is 122 Å². The minimum absolute atomic E-state index is 0.0714. The number of nitrogens with two attached hydrogens (primary N) is 1. The fourth-order valence-corrected chi connectivity index (χ4v) is 3.58. The molecule has 0 aromatic heterocycles. The summed E-state index contributed by atoms with van der Waals surface area (Å²) in [6.45, 7) is 1.22. The molecule has 3 N–H and O–H groups in total. The second kappa shape index (κ2) is 6.36. The molecule has 0 spiro atoms. The summed E-state index contributed by atoms with van der Waals surface area (Å²) in [7, 11) is -3.95. The smallest absolute Gasteiger partial charge is 0.243 e. The van der Waals surface area contributed by atoms with Gasteiger partial charge in [0.1, 0.15) is 10.7 Å². The number of ether oxygens (including phenoxy) is 1. The van der Waals surface area contributed by atoms with E-state index in [1.54, 1.807) is 0 Å². The molecule has 5 nitrogen and oxygen atoms in total. The molecule has 0 aliphatic carbocycles. The van der Waals surface area contributed by atoms with Gasteiger partial charge < -0.3 is 10.5 Å². The van der Waals surface area contributed by atoms with Crippen LogP contribution in [0.3, 0.4) is 0 Å². The second-order valence-electron chi connectivity index (χ2n) is 4.66. The van der Waals surface area contributed by atoms with Crippen LogP contribution >= 0.6 is 11.6 Å². The highest BCUT2D eigenvalue weighted by Gasteiger charge is 2.24. The summed E-state index contributed by atoms with van der Waals surface area (Å²) in [5.74, 6) is -0.743. The van der Waals surface area contributed by atoms with Crippen LogP contribution in [0, 0.1) is 11.7 Å². The number of sulfonamides is 1. The maximum absolute atomic E-state index is 14.1. The first-order valence-corrected chi connectivity index (χ1v) is 8.05. The molecular formula is C12H16ClFN2O3S. The number of benzene rings is 1. The highest BCUT2D eigenvalue weighted by atomic mass is 35.5. The van der Waals surface area contributed by atoms with Crippen molar-refractivity contribution >= 4 is 21.6 Å². The third-order valence-electron chi connectivity index (χ3n) is 3.17. The van der Waals surface area contributed by atoms with E-state index in [-0.39, 0.29) is 29.6 Å². The van der Waals surface area contributed by atoms with E-state index in [1.807, 2.05) is 0 Å². The second-order valence-corrected chi connectivity index (χ2v) is 6.83. The van der Waals surface area contributed by atoms with Crippen LogP contribution in [0.15, 0.2) is 17.0 Å². The Hall–Kier alpha value is -0.730. The lowest BCUT2D eigenvalue weighted by atomic mass is 10.1. The first-order chi connectivity index (χ1) is 9.44. The Kier molecular flexibility index (Phi) is 4.98. The molecule has 0 bridgehead atoms. The van der Waals surface area contributed by atoms with Crippen molar-refractivity contribution in [2.75, 3.05) is 19.8 Å². The van der Waals surface area contributed by atoms with Gasteiger partial charge in [-0.3, -0.25) is 0 Å². The van der Waals surface area contributed by atoms with Crippen LogP contribution < -0.4 is 10.5 Å². The van der Waals surface area contributed by atoms with E-state index in [4.69, 9.17) is 22.1 Å². The third kappa shape index (κ3) is 3.48. The van der Waals surface area contributed by atoms with E-state index in [2.05, 4.69) is 4.72 Å². The topological polar surface area (TPSA) is 81.4 Å². The molecule has 1 aromatic rings. The van der Waals surface area contributed by atoms with E-state index >= 15 is 0 Å². The molecule has 1 heterocycles. The van der Waals surface area contributed by atoms with Crippen molar-refractivity contribution in [3.63, 3.8) is 0 Å². The van der Waals surface area contributed by atoms with Crippen molar-refractivity contribution in [1.29, 1.82) is 0 Å². The number of rotatable bonds is 5. The molecule has 1 aliphatic rings. The van der Waals surface area contributed by atoms with Crippen molar-refractivity contribution in [3.05, 3.63) is 28.5 Å². The first kappa shape index (κ1) is 15.7. The van der Waals surface area contributed by atoms with Gasteiger partial charge in [-0.05, 0) is 24.5 Å². The van der Waals surface area contributed by atoms with Crippen molar-refractivity contribution in [1.82, 2.24) is 4.72 Å². The Morgan fingerprint density at radius 1 is 1.50 bits per heavy atom. The summed E-state index contributed by atoms with van der Waals surface area (Å²) in [5, 5.41) is 0.136. The van der Waals surface area contributed by atoms with Crippen molar-refractivity contribution in [3.8, 4) is 0 Å². The van der Waals surface area contributed by atoms with E-state index in [0.717, 1.165) is 12.5 Å². The molecule has 2 rings (SSSR count). The molecule has 0 saturated carbocycles. The zero-order valence-electron chi connectivity index (χ0n) is 10.7. The first-order valence-electron chi connectivity index (χ1n) is 6.19. The molecule has 1 saturated heterocycles. The number of hydrogen-bond donors (Lipinski definition) is 2. The Morgan fingerprint density at radius 3 is 2.85 bits per heavy atom. The molecule has 8 heteroatoms. The quantitative estimate of drug-likeness (QED) is 0.855. The highest BCUT2D eigenvalue weighted by Crippen LogP contribution is 2.24. The van der Waals surface area contributed by atoms with Gasteiger partial charge in [0.05, 0.1) is 6.61 Å². The normalized spacial score (nSPS) is 19.4. The van der Waals surface area contributed by atoms with Crippen LogP contribution in [0.1, 0.15) is 12.0 Å². The zero-order valence-corrected chi connectivity index (χ0v) is 12.3. The summed E-state index contributed by atoms with van der Waals surface area (Å²) in [6.07, 6.45) is 0.786. The largest absolute Gasteiger partial charge is 0.381 e. The molecule has 0 amide bonds. The standard InChI is InChI=1S/C12H16ClFN2O3S/c13-10-3-9(5-15)12(14)11(4-10)20(17,18)16-6-8-1-2-19-7-8/h3-4,8,16H,1-2,5-7,15H2. The number of halogens is 2. The van der Waals surface area contributed by atoms with E-state index in [9.17, 15) is 12.8 Å². The summed E-state index contributed by atoms with van der Waals surface area (Å²) >= 11 is 5.80. The van der Waals surface area contributed by atoms with E-state index in [1.165, 1.54) is 6.07 Å². The lowest BCUT2D eigenvalue weighted by molar-refractivity contribution is 0.186. The van der Waals surface area contributed by atoms with E-state index < -0.39 is 20.7 Å². The molecular weight excluding hydrogens is 307 g/mol. The maximum atomic E-state index is 14.1. The maximum Gasteiger partial charge on any atom is 0.243 e. The molecule has 112 valence electrons. The van der Waals surface area contributed by atoms with Crippen LogP contribution in [-0.4, -0.2) is 28.2 Å². The van der Waals surface area contributed by atoms with Gasteiger partial charge in [-0.2, -0.15) is 0 Å². The van der Waals surface area contributed by atoms with Gasteiger partial charge in [-0.15, -0.1) is 0 Å². The lowest BCUT2D eigenvalue weighted by Gasteiger charge is -2.12. The minimum Gasteiger partial charge on any atom is -0.381 e. The van der Waals surface area contributed by atoms with Crippen LogP contribution in [0.5, 0.6) is 0 Å². The molecule has 1 unspecified atom stereocenters. The van der Waals surface area contributed by atoms with Gasteiger partial charge in [-0.1, -0.05) is 11.6 Å². The zero-order chi connectivity index (χ0) is 14.8. The monoisotopic (exact) mass is 322 g/mol. The summed E-state index contributed by atoms with van der Waals surface area (Å²) in [6, 6.07) is 2.41. The molecule has 1 aromatic carbocycles. The number of hydrogen-bond acceptors (Lipinski definition) is 4. The van der Waals surface area contributed by atoms with Gasteiger partial charge in [0.25, 0.3) is 0 Å². The molecule has 1 fully saturated rings. The Morgan fingerprint density at radius 2 is 2.25 bits per heavy atom. The summed E-state index contributed by atoms with van der Waals surface area (Å²) in [4.78, 5) is -0.468. The SMILES string of the molecule is NCc1cc(Cl)cc(S(=O)(=O)NCC2CCOC2)c1F. The molecule has 20 heavy (non-hydrogen) atoms. The van der Waals surface area contributed by atoms with Crippen molar-refractivity contribution in [2.24, 2.45) is 11.7 Å². The summed E-state index contributed by atoms with van der Waals surface area (Å²) < 4.78 is 45.9. The summed E-state index contributed by atoms with van der Waals surface area (Å²) in [5.41, 5.74) is 5.45. The van der Waals surface area contributed by atoms with Crippen molar-refractivity contribution < 1.29 is 17.5 Å². The predicted octanol–water partition coefficient (Wildman–Crippen LogP) is 1.25. The lowest BCUT2D eigenvalue weighted by Crippen LogP contribution is -2.30. The van der Waals surface area contributed by atoms with Crippen LogP contribution in [0.4, 0.5) is 4.39 Å². The average Bonchev–Trinajstić information content (AvgIpc) is 2.92. The third-order valence-corrected chi connectivity index (χ3v) is 4.82. The predicted molar refractivity (Wildman–Crippen MR) is 73.4 cm³/mol. The van der Waals surface area contributed by atoms with Crippen molar-refractivity contribution in [2.45, 2.75) is 17.9 Å². The fraction of sp³-hybridized carbons (Fsp3) is 0.500. The van der Waals surface area contributed by atoms with E-state index in [0.29, 0.717) is 13.2 Å². The number of nitrogens with one attached hydrogen (secondary N) is 1. The van der Waals surface area contributed by atoms with Gasteiger partial charge in [0.2, 0.25) is 10.0 Å². The van der Waals surface area contributed by atoms with Gasteiger partial charge >= 0.3 is 0 Å². The average molecular weight is 323 g/mol. The minimum atomic E-state index is -3.95. The molecule has 1 aliphatic heterocycles. The Balaban J connectivity index is 2.22. The van der Waals surface area contributed by atoms with Crippen LogP contribution in [-0.2, 0) is 21.3 Å². The highest BCUT2D eigenvalue weighted by molar-refractivity contribution is 7.89. The van der Waals surface area contributed by atoms with Crippen LogP contribution in [0.25, 0.3) is 0 Å². The van der Waals surface area contributed by atoms with Gasteiger partial charge in [-0.25, -0.2) is 17.5 Å². The molecule has 1 atom stereocenters. The van der Waals surface area contributed by atoms with Gasteiger partial charge in [0, 0.05) is 30.3 Å². The molecule has 0 radical (unpaired) electrons. The van der Waals surface area contributed by atoms with Crippen LogP contribution in [0.2, 0.25) is 5.02 Å². The fourth-order valence-electron chi connectivity index (χ4n) is 2.01. The Bertz CT molecular complexity index is 589. The van der Waals surface area contributed by atoms with Gasteiger partial charge in [0.15, 0.2) is 0 Å².